The van der Waals surface area contributed by atoms with Crippen LogP contribution < -0.4 is 15.7 Å². The Balaban J connectivity index is 1.44. The summed E-state index contributed by atoms with van der Waals surface area (Å²) in [6, 6.07) is 14.9. The van der Waals surface area contributed by atoms with Gasteiger partial charge < -0.3 is 20.2 Å². The number of hydrogen-bond acceptors (Lipinski definition) is 6. The third-order valence-corrected chi connectivity index (χ3v) is 7.35. The van der Waals surface area contributed by atoms with Gasteiger partial charge in [-0.05, 0) is 43.7 Å². The summed E-state index contributed by atoms with van der Waals surface area (Å²) >= 11 is 1.88. The molecule has 180 valence electrons. The molecular formula is C24H28N4O5S. The number of anilines is 1. The molecule has 10 heteroatoms. The zero-order chi connectivity index (χ0) is 24.5. The number of hydroxylamine groups is 1. The summed E-state index contributed by atoms with van der Waals surface area (Å²) in [5.41, 5.74) is 4.22. The second-order valence-corrected chi connectivity index (χ2v) is 11.0. The standard InChI is InChI=1S/C24H28N4O5S/c1-24(2)14-28(19-5-3-4-6-20(19)34-24)11-15-7-9-16(10-8-15)21(29)25-18-13-27(23(31)32)12-17(18)22(30)26-33/h3-10,17-18,33H,11-14H2,1-2H3,(H,25,29)(H,26,30)(H,31,32)/t17-,18+/m0/s1. The quantitative estimate of drug-likeness (QED) is 0.380. The number of nitrogens with one attached hydrogen (secondary N) is 2. The molecule has 2 aromatic carbocycles. The second-order valence-electron chi connectivity index (χ2n) is 9.23. The van der Waals surface area contributed by atoms with E-state index in [1.165, 1.54) is 10.6 Å². The van der Waals surface area contributed by atoms with Crippen LogP contribution >= 0.6 is 11.8 Å². The smallest absolute Gasteiger partial charge is 0.407 e. The van der Waals surface area contributed by atoms with E-state index in [0.717, 1.165) is 17.0 Å². The highest BCUT2D eigenvalue weighted by atomic mass is 32.2. The van der Waals surface area contributed by atoms with Crippen molar-refractivity contribution < 1.29 is 24.7 Å². The van der Waals surface area contributed by atoms with Gasteiger partial charge in [0.15, 0.2) is 0 Å². The molecule has 0 radical (unpaired) electrons. The van der Waals surface area contributed by atoms with Crippen LogP contribution in [0, 0.1) is 5.92 Å². The number of carbonyl (C=O) groups excluding carboxylic acids is 2. The summed E-state index contributed by atoms with van der Waals surface area (Å²) in [4.78, 5) is 40.7. The van der Waals surface area contributed by atoms with Crippen LogP contribution in [0.15, 0.2) is 53.4 Å². The van der Waals surface area contributed by atoms with Crippen molar-refractivity contribution in [3.8, 4) is 0 Å². The summed E-state index contributed by atoms with van der Waals surface area (Å²) in [6.45, 7) is 5.93. The van der Waals surface area contributed by atoms with Crippen LogP contribution in [0.2, 0.25) is 0 Å². The molecule has 4 rings (SSSR count). The Morgan fingerprint density at radius 2 is 1.79 bits per heavy atom. The van der Waals surface area contributed by atoms with E-state index in [4.69, 9.17) is 5.21 Å². The fourth-order valence-corrected chi connectivity index (χ4v) is 5.77. The molecule has 2 aromatic rings. The molecule has 0 aliphatic carbocycles. The lowest BCUT2D eigenvalue weighted by molar-refractivity contribution is -0.133. The largest absolute Gasteiger partial charge is 0.465 e. The minimum atomic E-state index is -1.18. The Morgan fingerprint density at radius 3 is 2.47 bits per heavy atom. The van der Waals surface area contributed by atoms with Gasteiger partial charge in [0, 0.05) is 41.4 Å². The van der Waals surface area contributed by atoms with Crippen LogP contribution in [-0.2, 0) is 11.3 Å². The van der Waals surface area contributed by atoms with E-state index >= 15 is 0 Å². The maximum absolute atomic E-state index is 12.8. The molecule has 3 amide bonds. The Hall–Kier alpha value is -3.24. The number of para-hydroxylation sites is 1. The van der Waals surface area contributed by atoms with Crippen molar-refractivity contribution in [2.45, 2.75) is 36.1 Å². The first kappa shape index (κ1) is 23.9. The minimum Gasteiger partial charge on any atom is -0.465 e. The molecule has 2 aliphatic heterocycles. The number of fused-ring (bicyclic) bond motifs is 1. The third-order valence-electron chi connectivity index (χ3n) is 6.11. The first-order chi connectivity index (χ1) is 16.2. The molecule has 4 N–H and O–H groups in total. The van der Waals surface area contributed by atoms with E-state index in [2.05, 4.69) is 36.2 Å². The van der Waals surface area contributed by atoms with Gasteiger partial charge in [-0.1, -0.05) is 24.3 Å². The van der Waals surface area contributed by atoms with E-state index in [0.29, 0.717) is 12.1 Å². The highest BCUT2D eigenvalue weighted by Crippen LogP contribution is 2.44. The molecule has 1 saturated heterocycles. The van der Waals surface area contributed by atoms with Crippen LogP contribution in [0.25, 0.3) is 0 Å². The molecule has 9 nitrogen and oxygen atoms in total. The number of rotatable bonds is 5. The summed E-state index contributed by atoms with van der Waals surface area (Å²) in [5, 5.41) is 20.9. The summed E-state index contributed by atoms with van der Waals surface area (Å²) in [5.74, 6) is -2.00. The minimum absolute atomic E-state index is 0.0284. The summed E-state index contributed by atoms with van der Waals surface area (Å²) < 4.78 is 0.0801. The number of thioether (sulfide) groups is 1. The Bertz CT molecular complexity index is 1090. The van der Waals surface area contributed by atoms with E-state index in [9.17, 15) is 19.5 Å². The number of amides is 3. The lowest BCUT2D eigenvalue weighted by Crippen LogP contribution is -2.45. The SMILES string of the molecule is CC1(C)CN(Cc2ccc(C(=O)N[C@@H]3CN(C(=O)O)C[C@@H]3C(=O)NO)cc2)c2ccccc2S1. The molecule has 0 spiro atoms. The summed E-state index contributed by atoms with van der Waals surface area (Å²) in [7, 11) is 0. The number of hydrogen-bond donors (Lipinski definition) is 4. The number of likely N-dealkylation sites (tertiary alicyclic amines) is 1. The number of carboxylic acid groups (broad SMARTS) is 1. The van der Waals surface area contributed by atoms with Crippen molar-refractivity contribution in [2.24, 2.45) is 5.92 Å². The van der Waals surface area contributed by atoms with E-state index < -0.39 is 29.9 Å². The molecule has 0 bridgehead atoms. The van der Waals surface area contributed by atoms with Crippen molar-refractivity contribution in [1.82, 2.24) is 15.7 Å². The summed E-state index contributed by atoms with van der Waals surface area (Å²) in [6.07, 6.45) is -1.18. The second kappa shape index (κ2) is 9.55. The first-order valence-corrected chi connectivity index (χ1v) is 11.8. The monoisotopic (exact) mass is 484 g/mol. The molecule has 2 aliphatic rings. The van der Waals surface area contributed by atoms with Crippen LogP contribution in [-0.4, -0.2) is 63.5 Å². The maximum atomic E-state index is 12.8. The average molecular weight is 485 g/mol. The van der Waals surface area contributed by atoms with Crippen molar-refractivity contribution in [1.29, 1.82) is 0 Å². The first-order valence-electron chi connectivity index (χ1n) is 11.0. The van der Waals surface area contributed by atoms with Gasteiger partial charge in [0.1, 0.15) is 0 Å². The predicted molar refractivity (Wildman–Crippen MR) is 128 cm³/mol. The molecule has 0 aromatic heterocycles. The van der Waals surface area contributed by atoms with Crippen molar-refractivity contribution >= 4 is 35.4 Å². The average Bonchev–Trinajstić information content (AvgIpc) is 3.22. The molecule has 34 heavy (non-hydrogen) atoms. The van der Waals surface area contributed by atoms with Gasteiger partial charge >= 0.3 is 6.09 Å². The Kier molecular flexibility index (Phi) is 6.72. The number of carbonyl (C=O) groups is 3. The lowest BCUT2D eigenvalue weighted by atomic mass is 10.0. The van der Waals surface area contributed by atoms with Gasteiger partial charge in [-0.2, -0.15) is 0 Å². The van der Waals surface area contributed by atoms with Crippen molar-refractivity contribution in [3.05, 3.63) is 59.7 Å². The fraction of sp³-hybridized carbons (Fsp3) is 0.375. The molecular weight excluding hydrogens is 456 g/mol. The third kappa shape index (κ3) is 5.13. The Labute approximate surface area is 202 Å². The molecule has 2 atom stereocenters. The van der Waals surface area contributed by atoms with Crippen LogP contribution in [0.1, 0.15) is 29.8 Å². The van der Waals surface area contributed by atoms with E-state index in [-0.39, 0.29) is 17.8 Å². The maximum Gasteiger partial charge on any atom is 0.407 e. The van der Waals surface area contributed by atoms with Crippen molar-refractivity contribution in [3.63, 3.8) is 0 Å². The Morgan fingerprint density at radius 1 is 1.09 bits per heavy atom. The van der Waals surface area contributed by atoms with Crippen molar-refractivity contribution in [2.75, 3.05) is 24.5 Å². The van der Waals surface area contributed by atoms with Gasteiger partial charge in [-0.15, -0.1) is 11.8 Å². The molecule has 1 fully saturated rings. The zero-order valence-electron chi connectivity index (χ0n) is 19.0. The molecule has 0 unspecified atom stereocenters. The van der Waals surface area contributed by atoms with Gasteiger partial charge in [-0.25, -0.2) is 10.3 Å². The normalized spacial score (nSPS) is 21.0. The van der Waals surface area contributed by atoms with Gasteiger partial charge in [0.2, 0.25) is 5.91 Å². The van der Waals surface area contributed by atoms with Crippen LogP contribution in [0.4, 0.5) is 10.5 Å². The van der Waals surface area contributed by atoms with E-state index in [1.807, 2.05) is 36.0 Å². The van der Waals surface area contributed by atoms with Gasteiger partial charge in [0.05, 0.1) is 17.6 Å². The van der Waals surface area contributed by atoms with Gasteiger partial charge in [0.25, 0.3) is 5.91 Å². The van der Waals surface area contributed by atoms with Crippen LogP contribution in [0.3, 0.4) is 0 Å². The molecule has 2 heterocycles. The number of nitrogens with zero attached hydrogens (tertiary/aromatic N) is 2. The zero-order valence-corrected chi connectivity index (χ0v) is 19.8. The predicted octanol–water partition coefficient (Wildman–Crippen LogP) is 2.79. The van der Waals surface area contributed by atoms with E-state index in [1.54, 1.807) is 17.6 Å². The van der Waals surface area contributed by atoms with Crippen LogP contribution in [0.5, 0.6) is 0 Å². The highest BCUT2D eigenvalue weighted by molar-refractivity contribution is 8.00. The molecule has 0 saturated carbocycles. The fourth-order valence-electron chi connectivity index (χ4n) is 4.51. The highest BCUT2D eigenvalue weighted by Gasteiger charge is 2.40. The number of benzene rings is 2. The lowest BCUT2D eigenvalue weighted by Gasteiger charge is -2.40. The van der Waals surface area contributed by atoms with Gasteiger partial charge in [-0.3, -0.25) is 14.8 Å². The topological polar surface area (TPSA) is 122 Å².